The van der Waals surface area contributed by atoms with Crippen LogP contribution in [-0.2, 0) is 9.53 Å². The average Bonchev–Trinajstić information content (AvgIpc) is 2.10. The van der Waals surface area contributed by atoms with Gasteiger partial charge in [0.25, 0.3) is 0 Å². The Morgan fingerprint density at radius 1 is 1.25 bits per heavy atom. The lowest BCUT2D eigenvalue weighted by Crippen LogP contribution is -2.25. The fourth-order valence-electron chi connectivity index (χ4n) is 0.969. The van der Waals surface area contributed by atoms with Crippen LogP contribution in [0.5, 0.6) is 0 Å². The normalized spacial score (nSPS) is 13.1. The number of nitrogens with zero attached hydrogens (tertiary/aromatic N) is 1. The molecular formula is C13H25NO2. The van der Waals surface area contributed by atoms with E-state index >= 15 is 0 Å². The van der Waals surface area contributed by atoms with Crippen molar-refractivity contribution in [1.29, 1.82) is 0 Å². The SMILES string of the molecule is CCC(C)(C)C/C=N/CC(=O)OC(C)(C)C. The molecule has 0 aliphatic heterocycles. The predicted molar refractivity (Wildman–Crippen MR) is 67.9 cm³/mol. The number of ether oxygens (including phenoxy) is 1. The third-order valence-corrected chi connectivity index (χ3v) is 2.37. The first-order valence-electron chi connectivity index (χ1n) is 5.86. The highest BCUT2D eigenvalue weighted by Gasteiger charge is 2.16. The molecule has 0 aromatic carbocycles. The molecule has 0 aliphatic carbocycles. The monoisotopic (exact) mass is 227 g/mol. The average molecular weight is 227 g/mol. The standard InChI is InChI=1S/C13H25NO2/c1-7-13(5,6)8-9-14-10-11(15)16-12(2,3)4/h9H,7-8,10H2,1-6H3/b14-9+. The molecular weight excluding hydrogens is 202 g/mol. The van der Waals surface area contributed by atoms with Gasteiger partial charge in [0, 0.05) is 0 Å². The zero-order valence-corrected chi connectivity index (χ0v) is 11.5. The molecule has 0 amide bonds. The van der Waals surface area contributed by atoms with Gasteiger partial charge in [-0.25, -0.2) is 0 Å². The van der Waals surface area contributed by atoms with Gasteiger partial charge in [-0.15, -0.1) is 0 Å². The van der Waals surface area contributed by atoms with Crippen molar-refractivity contribution in [3.8, 4) is 0 Å². The zero-order valence-electron chi connectivity index (χ0n) is 11.5. The van der Waals surface area contributed by atoms with Crippen LogP contribution in [-0.4, -0.2) is 24.3 Å². The molecule has 0 unspecified atom stereocenters. The third-order valence-electron chi connectivity index (χ3n) is 2.37. The van der Waals surface area contributed by atoms with E-state index in [4.69, 9.17) is 4.74 Å². The Kier molecular flexibility index (Phi) is 5.70. The quantitative estimate of drug-likeness (QED) is 0.534. The molecule has 0 saturated heterocycles. The summed E-state index contributed by atoms with van der Waals surface area (Å²) in [5.41, 5.74) is -0.160. The van der Waals surface area contributed by atoms with E-state index in [1.165, 1.54) is 0 Å². The summed E-state index contributed by atoms with van der Waals surface area (Å²) in [5, 5.41) is 0. The Labute approximate surface area is 99.3 Å². The van der Waals surface area contributed by atoms with Gasteiger partial charge in [-0.2, -0.15) is 0 Å². The Morgan fingerprint density at radius 2 is 1.81 bits per heavy atom. The van der Waals surface area contributed by atoms with Gasteiger partial charge in [0.15, 0.2) is 0 Å². The molecule has 0 N–H and O–H groups in total. The Bertz CT molecular complexity index is 249. The summed E-state index contributed by atoms with van der Waals surface area (Å²) in [4.78, 5) is 15.4. The maximum atomic E-state index is 11.3. The van der Waals surface area contributed by atoms with E-state index in [9.17, 15) is 4.79 Å². The predicted octanol–water partition coefficient (Wildman–Crippen LogP) is 3.23. The van der Waals surface area contributed by atoms with Crippen LogP contribution < -0.4 is 0 Å². The van der Waals surface area contributed by atoms with Gasteiger partial charge in [-0.05, 0) is 38.8 Å². The maximum absolute atomic E-state index is 11.3. The van der Waals surface area contributed by atoms with Crippen molar-refractivity contribution in [2.45, 2.75) is 60.0 Å². The minimum absolute atomic E-state index is 0.122. The van der Waals surface area contributed by atoms with Gasteiger partial charge < -0.3 is 4.74 Å². The van der Waals surface area contributed by atoms with E-state index in [-0.39, 0.29) is 17.9 Å². The fourth-order valence-corrected chi connectivity index (χ4v) is 0.969. The minimum atomic E-state index is -0.421. The summed E-state index contributed by atoms with van der Waals surface area (Å²) in [7, 11) is 0. The summed E-state index contributed by atoms with van der Waals surface area (Å²) >= 11 is 0. The van der Waals surface area contributed by atoms with Gasteiger partial charge in [0.1, 0.15) is 12.1 Å². The molecule has 3 nitrogen and oxygen atoms in total. The topological polar surface area (TPSA) is 38.7 Å². The second kappa shape index (κ2) is 6.02. The highest BCUT2D eigenvalue weighted by molar-refractivity contribution is 5.74. The number of hydrogen-bond donors (Lipinski definition) is 0. The number of hydrogen-bond acceptors (Lipinski definition) is 3. The Hall–Kier alpha value is -0.860. The van der Waals surface area contributed by atoms with Crippen molar-refractivity contribution < 1.29 is 9.53 Å². The maximum Gasteiger partial charge on any atom is 0.328 e. The number of carbonyl (C=O) groups excluding carboxylic acids is 1. The molecule has 0 fully saturated rings. The molecule has 0 rings (SSSR count). The minimum Gasteiger partial charge on any atom is -0.459 e. The van der Waals surface area contributed by atoms with Crippen molar-refractivity contribution in [1.82, 2.24) is 0 Å². The number of rotatable bonds is 5. The highest BCUT2D eigenvalue weighted by Crippen LogP contribution is 2.22. The first-order valence-corrected chi connectivity index (χ1v) is 5.86. The van der Waals surface area contributed by atoms with Crippen LogP contribution in [0.4, 0.5) is 0 Å². The molecule has 0 spiro atoms. The molecule has 0 aliphatic rings. The molecule has 0 saturated carbocycles. The van der Waals surface area contributed by atoms with E-state index in [1.54, 1.807) is 0 Å². The van der Waals surface area contributed by atoms with Crippen LogP contribution in [0.2, 0.25) is 0 Å². The molecule has 3 heteroatoms. The van der Waals surface area contributed by atoms with Crippen LogP contribution in [0, 0.1) is 5.41 Å². The molecule has 0 atom stereocenters. The number of carbonyl (C=O) groups is 1. The van der Waals surface area contributed by atoms with Gasteiger partial charge in [0.05, 0.1) is 0 Å². The molecule has 16 heavy (non-hydrogen) atoms. The van der Waals surface area contributed by atoms with Gasteiger partial charge >= 0.3 is 5.97 Å². The summed E-state index contributed by atoms with van der Waals surface area (Å²) in [6, 6.07) is 0. The fraction of sp³-hybridized carbons (Fsp3) is 0.846. The van der Waals surface area contributed by atoms with E-state index in [0.29, 0.717) is 0 Å². The van der Waals surface area contributed by atoms with Crippen molar-refractivity contribution in [3.63, 3.8) is 0 Å². The molecule has 0 radical (unpaired) electrons. The number of aliphatic imine (C=N–C) groups is 1. The van der Waals surface area contributed by atoms with Crippen LogP contribution in [0.1, 0.15) is 54.4 Å². The van der Waals surface area contributed by atoms with Crippen LogP contribution >= 0.6 is 0 Å². The van der Waals surface area contributed by atoms with Crippen LogP contribution in [0.3, 0.4) is 0 Å². The second-order valence-electron chi connectivity index (χ2n) is 5.83. The first-order chi connectivity index (χ1) is 7.16. The highest BCUT2D eigenvalue weighted by atomic mass is 16.6. The van der Waals surface area contributed by atoms with E-state index in [1.807, 2.05) is 27.0 Å². The van der Waals surface area contributed by atoms with Crippen molar-refractivity contribution in [2.24, 2.45) is 10.4 Å². The molecule has 0 aromatic rings. The lowest BCUT2D eigenvalue weighted by atomic mass is 9.87. The second-order valence-corrected chi connectivity index (χ2v) is 5.83. The lowest BCUT2D eigenvalue weighted by Gasteiger charge is -2.20. The summed E-state index contributed by atoms with van der Waals surface area (Å²) in [5.74, 6) is -0.266. The smallest absolute Gasteiger partial charge is 0.328 e. The van der Waals surface area contributed by atoms with E-state index in [2.05, 4.69) is 25.8 Å². The molecule has 0 heterocycles. The van der Waals surface area contributed by atoms with Crippen LogP contribution in [0.25, 0.3) is 0 Å². The van der Waals surface area contributed by atoms with Gasteiger partial charge in [-0.1, -0.05) is 27.2 Å². The third kappa shape index (κ3) is 8.45. The van der Waals surface area contributed by atoms with Crippen LogP contribution in [0.15, 0.2) is 4.99 Å². The van der Waals surface area contributed by atoms with E-state index < -0.39 is 5.60 Å². The summed E-state index contributed by atoms with van der Waals surface area (Å²) in [6.07, 6.45) is 3.82. The molecule has 0 bridgehead atoms. The first kappa shape index (κ1) is 15.1. The van der Waals surface area contributed by atoms with Crippen molar-refractivity contribution in [2.75, 3.05) is 6.54 Å². The van der Waals surface area contributed by atoms with Gasteiger partial charge in [-0.3, -0.25) is 9.79 Å². The summed E-state index contributed by atoms with van der Waals surface area (Å²) in [6.45, 7) is 12.2. The Balaban J connectivity index is 3.89. The van der Waals surface area contributed by atoms with E-state index in [0.717, 1.165) is 12.8 Å². The molecule has 94 valence electrons. The molecule has 0 aromatic heterocycles. The zero-order chi connectivity index (χ0) is 12.8. The largest absolute Gasteiger partial charge is 0.459 e. The van der Waals surface area contributed by atoms with Crippen molar-refractivity contribution in [3.05, 3.63) is 0 Å². The number of esters is 1. The van der Waals surface area contributed by atoms with Gasteiger partial charge in [0.2, 0.25) is 0 Å². The lowest BCUT2D eigenvalue weighted by molar-refractivity contribution is -0.152. The van der Waals surface area contributed by atoms with Crippen molar-refractivity contribution >= 4 is 12.2 Å². The Morgan fingerprint density at radius 3 is 2.25 bits per heavy atom. The summed E-state index contributed by atoms with van der Waals surface area (Å²) < 4.78 is 5.14.